The number of guanidine groups is 1. The Hall–Kier alpha value is -2.04. The number of para-hydroxylation sites is 1. The highest BCUT2D eigenvalue weighted by molar-refractivity contribution is 5.82. The zero-order valence-electron chi connectivity index (χ0n) is 10.1. The summed E-state index contributed by atoms with van der Waals surface area (Å²) in [5.74, 6) is 1.82. The van der Waals surface area contributed by atoms with Gasteiger partial charge in [0, 0.05) is 6.42 Å². The maximum atomic E-state index is 9.27. The first-order valence-electron chi connectivity index (χ1n) is 5.99. The summed E-state index contributed by atoms with van der Waals surface area (Å²) in [6, 6.07) is 6.58. The van der Waals surface area contributed by atoms with E-state index in [1.807, 2.05) is 0 Å². The second-order valence-corrected chi connectivity index (χ2v) is 4.37. The number of nitrogens with two attached hydrogens (primary N) is 2. The quantitative estimate of drug-likeness (QED) is 0.462. The highest BCUT2D eigenvalue weighted by Gasteiger charge is 2.29. The van der Waals surface area contributed by atoms with Gasteiger partial charge in [-0.2, -0.15) is 4.99 Å². The Bertz CT molecular complexity index is 463. The van der Waals surface area contributed by atoms with Crippen molar-refractivity contribution in [3.05, 3.63) is 29.3 Å². The molecule has 0 bridgehead atoms. The molecule has 0 spiro atoms. The normalized spacial score (nSPS) is 15.8. The number of aliphatic imine (C=N–C) groups is 1. The zero-order chi connectivity index (χ0) is 13.0. The summed E-state index contributed by atoms with van der Waals surface area (Å²) in [6.07, 6.45) is 4.12. The van der Waals surface area contributed by atoms with Crippen molar-refractivity contribution in [2.45, 2.75) is 25.2 Å². The van der Waals surface area contributed by atoms with E-state index in [2.05, 4.69) is 23.2 Å². The highest BCUT2D eigenvalue weighted by atomic mass is 16.5. The molecular formula is C13H17N3O2. The number of hydrogen-bond donors (Lipinski definition) is 2. The SMILES string of the molecule is NC(N)=NC=O.c1cc2c(c(C3CC3)c1)OCC2. The second-order valence-electron chi connectivity index (χ2n) is 4.37. The molecular weight excluding hydrogens is 230 g/mol. The van der Waals surface area contributed by atoms with Gasteiger partial charge in [-0.3, -0.25) is 4.79 Å². The van der Waals surface area contributed by atoms with E-state index < -0.39 is 0 Å². The standard InChI is InChI=1S/C11H12O.C2H5N3O/c1-2-9-6-7-12-11(9)10(3-1)8-4-5-8;3-2(4)5-1-6/h1-3,8H,4-7H2;1H,(H4,3,4,5,6). The minimum Gasteiger partial charge on any atom is -0.493 e. The van der Waals surface area contributed by atoms with Gasteiger partial charge in [-0.1, -0.05) is 18.2 Å². The number of rotatable bonds is 2. The first-order chi connectivity index (χ1) is 8.72. The molecule has 18 heavy (non-hydrogen) atoms. The molecule has 1 fully saturated rings. The molecule has 2 aliphatic rings. The summed E-state index contributed by atoms with van der Waals surface area (Å²) in [5, 5.41) is 0. The summed E-state index contributed by atoms with van der Waals surface area (Å²) in [7, 11) is 0. The summed E-state index contributed by atoms with van der Waals surface area (Å²) in [4.78, 5) is 12.2. The van der Waals surface area contributed by atoms with Crippen LogP contribution in [-0.2, 0) is 11.2 Å². The van der Waals surface area contributed by atoms with Gasteiger partial charge >= 0.3 is 0 Å². The van der Waals surface area contributed by atoms with Crippen LogP contribution in [0.15, 0.2) is 23.2 Å². The lowest BCUT2D eigenvalue weighted by Crippen LogP contribution is -2.22. The van der Waals surface area contributed by atoms with Crippen LogP contribution >= 0.6 is 0 Å². The van der Waals surface area contributed by atoms with Gasteiger partial charge < -0.3 is 16.2 Å². The fourth-order valence-corrected chi connectivity index (χ4v) is 2.02. The molecule has 1 aliphatic carbocycles. The molecule has 0 atom stereocenters. The van der Waals surface area contributed by atoms with Crippen molar-refractivity contribution >= 4 is 12.4 Å². The number of nitrogens with zero attached hydrogens (tertiary/aromatic N) is 1. The third-order valence-electron chi connectivity index (χ3n) is 2.96. The molecule has 0 radical (unpaired) electrons. The van der Waals surface area contributed by atoms with Crippen LogP contribution in [-0.4, -0.2) is 19.0 Å². The molecule has 0 unspecified atom stereocenters. The van der Waals surface area contributed by atoms with Crippen molar-refractivity contribution in [2.24, 2.45) is 16.5 Å². The van der Waals surface area contributed by atoms with E-state index in [1.165, 1.54) is 29.7 Å². The van der Waals surface area contributed by atoms with E-state index in [4.69, 9.17) is 16.2 Å². The molecule has 0 aromatic heterocycles. The minimum atomic E-state index is -0.204. The number of amides is 1. The van der Waals surface area contributed by atoms with Crippen LogP contribution in [0, 0.1) is 0 Å². The monoisotopic (exact) mass is 247 g/mol. The third kappa shape index (κ3) is 3.00. The second kappa shape index (κ2) is 5.53. The van der Waals surface area contributed by atoms with Gasteiger partial charge in [0.05, 0.1) is 6.61 Å². The van der Waals surface area contributed by atoms with Crippen molar-refractivity contribution in [1.29, 1.82) is 0 Å². The summed E-state index contributed by atoms with van der Waals surface area (Å²) < 4.78 is 5.63. The predicted molar refractivity (Wildman–Crippen MR) is 69.5 cm³/mol. The van der Waals surface area contributed by atoms with E-state index in [-0.39, 0.29) is 12.4 Å². The first kappa shape index (κ1) is 12.4. The Morgan fingerprint density at radius 1 is 1.39 bits per heavy atom. The van der Waals surface area contributed by atoms with Crippen LogP contribution in [0.25, 0.3) is 0 Å². The fourth-order valence-electron chi connectivity index (χ4n) is 2.02. The van der Waals surface area contributed by atoms with Crippen LogP contribution in [0.4, 0.5) is 0 Å². The lowest BCUT2D eigenvalue weighted by molar-refractivity contribution is -0.106. The Morgan fingerprint density at radius 3 is 2.72 bits per heavy atom. The number of hydrogen-bond acceptors (Lipinski definition) is 2. The first-order valence-corrected chi connectivity index (χ1v) is 5.99. The van der Waals surface area contributed by atoms with Gasteiger partial charge in [0.2, 0.25) is 6.41 Å². The Balaban J connectivity index is 0.000000174. The Labute approximate surface area is 106 Å². The molecule has 96 valence electrons. The van der Waals surface area contributed by atoms with Gasteiger partial charge in [-0.15, -0.1) is 0 Å². The molecule has 1 aromatic rings. The largest absolute Gasteiger partial charge is 0.493 e. The minimum absolute atomic E-state index is 0.204. The van der Waals surface area contributed by atoms with Crippen molar-refractivity contribution in [1.82, 2.24) is 0 Å². The third-order valence-corrected chi connectivity index (χ3v) is 2.96. The van der Waals surface area contributed by atoms with Gasteiger partial charge in [0.15, 0.2) is 5.96 Å². The molecule has 5 heteroatoms. The van der Waals surface area contributed by atoms with Crippen molar-refractivity contribution in [2.75, 3.05) is 6.61 Å². The molecule has 4 N–H and O–H groups in total. The van der Waals surface area contributed by atoms with E-state index in [9.17, 15) is 4.79 Å². The highest BCUT2D eigenvalue weighted by Crippen LogP contribution is 2.46. The Morgan fingerprint density at radius 2 is 2.17 bits per heavy atom. The summed E-state index contributed by atoms with van der Waals surface area (Å²) >= 11 is 0. The molecule has 1 amide bonds. The summed E-state index contributed by atoms with van der Waals surface area (Å²) in [6.45, 7) is 0.888. The van der Waals surface area contributed by atoms with Gasteiger partial charge in [0.1, 0.15) is 5.75 Å². The molecule has 5 nitrogen and oxygen atoms in total. The van der Waals surface area contributed by atoms with Crippen molar-refractivity contribution in [3.8, 4) is 5.75 Å². The molecule has 0 saturated heterocycles. The van der Waals surface area contributed by atoms with E-state index in [0.717, 1.165) is 18.9 Å². The number of benzene rings is 1. The number of carbonyl (C=O) groups excluding carboxylic acids is 1. The molecule has 1 aliphatic heterocycles. The topological polar surface area (TPSA) is 90.7 Å². The Kier molecular flexibility index (Phi) is 3.82. The fraction of sp³-hybridized carbons (Fsp3) is 0.385. The lowest BCUT2D eigenvalue weighted by atomic mass is 10.1. The average Bonchev–Trinajstić information content (AvgIpc) is 3.06. The van der Waals surface area contributed by atoms with Crippen LogP contribution in [0.1, 0.15) is 29.9 Å². The van der Waals surface area contributed by atoms with Gasteiger partial charge in [-0.25, -0.2) is 0 Å². The predicted octanol–water partition coefficient (Wildman–Crippen LogP) is 0.915. The van der Waals surface area contributed by atoms with Crippen LogP contribution in [0.2, 0.25) is 0 Å². The van der Waals surface area contributed by atoms with Crippen LogP contribution < -0.4 is 16.2 Å². The van der Waals surface area contributed by atoms with Crippen LogP contribution in [0.3, 0.4) is 0 Å². The summed E-state index contributed by atoms with van der Waals surface area (Å²) in [5.41, 5.74) is 12.3. The molecule has 1 saturated carbocycles. The van der Waals surface area contributed by atoms with Gasteiger partial charge in [0.25, 0.3) is 0 Å². The number of fused-ring (bicyclic) bond motifs is 1. The molecule has 3 rings (SSSR count). The molecule has 1 heterocycles. The number of ether oxygens (including phenoxy) is 1. The number of carbonyl (C=O) groups is 1. The van der Waals surface area contributed by atoms with E-state index >= 15 is 0 Å². The lowest BCUT2D eigenvalue weighted by Gasteiger charge is -2.05. The maximum Gasteiger partial charge on any atom is 0.236 e. The molecule has 1 aromatic carbocycles. The van der Waals surface area contributed by atoms with E-state index in [0.29, 0.717) is 0 Å². The smallest absolute Gasteiger partial charge is 0.236 e. The van der Waals surface area contributed by atoms with E-state index in [1.54, 1.807) is 0 Å². The van der Waals surface area contributed by atoms with Crippen LogP contribution in [0.5, 0.6) is 5.75 Å². The van der Waals surface area contributed by atoms with Gasteiger partial charge in [-0.05, 0) is 29.9 Å². The van der Waals surface area contributed by atoms with Crippen molar-refractivity contribution < 1.29 is 9.53 Å². The zero-order valence-corrected chi connectivity index (χ0v) is 10.1. The van der Waals surface area contributed by atoms with Crippen molar-refractivity contribution in [3.63, 3.8) is 0 Å². The average molecular weight is 247 g/mol. The maximum absolute atomic E-state index is 9.27.